The number of hydrogen-bond donors (Lipinski definition) is 2. The summed E-state index contributed by atoms with van der Waals surface area (Å²) in [6.07, 6.45) is 0.818. The van der Waals surface area contributed by atoms with E-state index in [9.17, 15) is 8.78 Å². The topological polar surface area (TPSA) is 50.9 Å². The summed E-state index contributed by atoms with van der Waals surface area (Å²) in [6, 6.07) is 0.800. The van der Waals surface area contributed by atoms with E-state index in [1.807, 2.05) is 13.8 Å². The van der Waals surface area contributed by atoms with Gasteiger partial charge in [0.15, 0.2) is 23.3 Å². The Kier molecular flexibility index (Phi) is 3.22. The standard InChI is InChI=1S/C9H13F2N3/c1-3-5(2)13-9-7(11)4-6(10)8(12)14-9/h4-5H,3H2,1-2H3,(H3,12,13,14). The molecule has 3 nitrogen and oxygen atoms in total. The molecule has 1 unspecified atom stereocenters. The van der Waals surface area contributed by atoms with E-state index < -0.39 is 11.6 Å². The molecule has 0 fully saturated rings. The second-order valence-corrected chi connectivity index (χ2v) is 3.14. The molecular formula is C9H13F2N3. The molecule has 0 saturated heterocycles. The second kappa shape index (κ2) is 4.21. The Morgan fingerprint density at radius 3 is 2.71 bits per heavy atom. The van der Waals surface area contributed by atoms with Crippen LogP contribution >= 0.6 is 0 Å². The third-order valence-electron chi connectivity index (χ3n) is 1.95. The molecule has 0 aliphatic carbocycles. The van der Waals surface area contributed by atoms with Gasteiger partial charge in [0.05, 0.1) is 0 Å². The Labute approximate surface area is 81.3 Å². The van der Waals surface area contributed by atoms with Crippen LogP contribution in [0.5, 0.6) is 0 Å². The lowest BCUT2D eigenvalue weighted by Gasteiger charge is -2.13. The molecule has 0 bridgehead atoms. The monoisotopic (exact) mass is 201 g/mol. The van der Waals surface area contributed by atoms with Crippen molar-refractivity contribution in [3.8, 4) is 0 Å². The second-order valence-electron chi connectivity index (χ2n) is 3.14. The zero-order valence-corrected chi connectivity index (χ0v) is 8.14. The van der Waals surface area contributed by atoms with Crippen LogP contribution in [0.4, 0.5) is 20.4 Å². The van der Waals surface area contributed by atoms with Crippen molar-refractivity contribution >= 4 is 11.6 Å². The van der Waals surface area contributed by atoms with E-state index in [0.29, 0.717) is 0 Å². The fourth-order valence-corrected chi connectivity index (χ4v) is 0.917. The number of halogens is 2. The van der Waals surface area contributed by atoms with Gasteiger partial charge in [0.2, 0.25) is 0 Å². The number of rotatable bonds is 3. The summed E-state index contributed by atoms with van der Waals surface area (Å²) in [6.45, 7) is 3.82. The Bertz CT molecular complexity index is 328. The van der Waals surface area contributed by atoms with Crippen LogP contribution in [0.1, 0.15) is 20.3 Å². The van der Waals surface area contributed by atoms with Gasteiger partial charge in [-0.3, -0.25) is 0 Å². The van der Waals surface area contributed by atoms with Crippen LogP contribution in [0.2, 0.25) is 0 Å². The highest BCUT2D eigenvalue weighted by Crippen LogP contribution is 2.17. The molecule has 0 aromatic carbocycles. The highest BCUT2D eigenvalue weighted by Gasteiger charge is 2.10. The molecular weight excluding hydrogens is 188 g/mol. The van der Waals surface area contributed by atoms with Gasteiger partial charge in [-0.05, 0) is 13.3 Å². The highest BCUT2D eigenvalue weighted by atomic mass is 19.1. The molecule has 0 saturated carbocycles. The Hall–Kier alpha value is -1.39. The zero-order chi connectivity index (χ0) is 10.7. The van der Waals surface area contributed by atoms with Gasteiger partial charge in [-0.25, -0.2) is 13.8 Å². The van der Waals surface area contributed by atoms with Gasteiger partial charge in [-0.1, -0.05) is 6.92 Å². The maximum Gasteiger partial charge on any atom is 0.168 e. The SMILES string of the molecule is CCC(C)Nc1nc(N)c(F)cc1F. The third kappa shape index (κ3) is 2.31. The van der Waals surface area contributed by atoms with Crippen molar-refractivity contribution in [2.75, 3.05) is 11.1 Å². The van der Waals surface area contributed by atoms with Crippen molar-refractivity contribution in [1.29, 1.82) is 0 Å². The number of nitrogens with zero attached hydrogens (tertiary/aromatic N) is 1. The minimum atomic E-state index is -0.836. The van der Waals surface area contributed by atoms with Gasteiger partial charge >= 0.3 is 0 Å². The summed E-state index contributed by atoms with van der Waals surface area (Å²) >= 11 is 0. The van der Waals surface area contributed by atoms with E-state index in [4.69, 9.17) is 5.73 Å². The van der Waals surface area contributed by atoms with E-state index >= 15 is 0 Å². The van der Waals surface area contributed by atoms with E-state index in [1.54, 1.807) is 0 Å². The molecule has 0 spiro atoms. The number of nitrogen functional groups attached to an aromatic ring is 1. The number of nitrogens with one attached hydrogen (secondary N) is 1. The summed E-state index contributed by atoms with van der Waals surface area (Å²) < 4.78 is 25.8. The average Bonchev–Trinajstić information content (AvgIpc) is 2.14. The summed E-state index contributed by atoms with van der Waals surface area (Å²) in [5.41, 5.74) is 5.21. The van der Waals surface area contributed by atoms with Crippen molar-refractivity contribution in [2.24, 2.45) is 0 Å². The molecule has 1 atom stereocenters. The van der Waals surface area contributed by atoms with Gasteiger partial charge in [0.1, 0.15) is 0 Å². The fraction of sp³-hybridized carbons (Fsp3) is 0.444. The van der Waals surface area contributed by atoms with E-state index in [0.717, 1.165) is 12.5 Å². The lowest BCUT2D eigenvalue weighted by Crippen LogP contribution is -2.16. The molecule has 5 heteroatoms. The molecule has 1 aromatic heterocycles. The smallest absolute Gasteiger partial charge is 0.168 e. The van der Waals surface area contributed by atoms with Crippen LogP contribution in [-0.2, 0) is 0 Å². The number of aromatic nitrogens is 1. The molecule has 78 valence electrons. The van der Waals surface area contributed by atoms with Gasteiger partial charge in [0.25, 0.3) is 0 Å². The maximum absolute atomic E-state index is 13.1. The molecule has 1 heterocycles. The maximum atomic E-state index is 13.1. The number of nitrogens with two attached hydrogens (primary N) is 1. The lowest BCUT2D eigenvalue weighted by molar-refractivity contribution is 0.576. The number of pyridine rings is 1. The van der Waals surface area contributed by atoms with Crippen molar-refractivity contribution in [3.05, 3.63) is 17.7 Å². The summed E-state index contributed by atoms with van der Waals surface area (Å²) in [4.78, 5) is 3.58. The first-order valence-corrected chi connectivity index (χ1v) is 4.42. The van der Waals surface area contributed by atoms with Crippen LogP contribution in [0.25, 0.3) is 0 Å². The molecule has 0 aliphatic rings. The highest BCUT2D eigenvalue weighted by molar-refractivity contribution is 5.45. The normalized spacial score (nSPS) is 12.6. The van der Waals surface area contributed by atoms with Crippen LogP contribution < -0.4 is 11.1 Å². The average molecular weight is 201 g/mol. The Morgan fingerprint density at radius 1 is 1.50 bits per heavy atom. The van der Waals surface area contributed by atoms with Gasteiger partial charge < -0.3 is 11.1 Å². The molecule has 1 rings (SSSR count). The minimum absolute atomic E-state index is 0.00162. The van der Waals surface area contributed by atoms with Crippen LogP contribution in [0, 0.1) is 11.6 Å². The molecule has 0 amide bonds. The fourth-order valence-electron chi connectivity index (χ4n) is 0.917. The van der Waals surface area contributed by atoms with Gasteiger partial charge in [-0.15, -0.1) is 0 Å². The zero-order valence-electron chi connectivity index (χ0n) is 8.14. The first-order valence-electron chi connectivity index (χ1n) is 4.42. The van der Waals surface area contributed by atoms with Crippen LogP contribution in [0.15, 0.2) is 6.07 Å². The quantitative estimate of drug-likeness (QED) is 0.787. The largest absolute Gasteiger partial charge is 0.381 e. The molecule has 14 heavy (non-hydrogen) atoms. The molecule has 0 aliphatic heterocycles. The Balaban J connectivity index is 2.92. The van der Waals surface area contributed by atoms with Crippen molar-refractivity contribution in [3.63, 3.8) is 0 Å². The van der Waals surface area contributed by atoms with Crippen LogP contribution in [0.3, 0.4) is 0 Å². The molecule has 3 N–H and O–H groups in total. The van der Waals surface area contributed by atoms with E-state index in [1.165, 1.54) is 0 Å². The predicted octanol–water partition coefficient (Wildman–Crippen LogP) is 2.15. The van der Waals surface area contributed by atoms with E-state index in [-0.39, 0.29) is 17.7 Å². The number of hydrogen-bond acceptors (Lipinski definition) is 3. The first-order chi connectivity index (χ1) is 6.54. The van der Waals surface area contributed by atoms with Crippen molar-refractivity contribution in [1.82, 2.24) is 4.98 Å². The summed E-state index contributed by atoms with van der Waals surface area (Å²) in [7, 11) is 0. The van der Waals surface area contributed by atoms with Crippen LogP contribution in [-0.4, -0.2) is 11.0 Å². The summed E-state index contributed by atoms with van der Waals surface area (Å²) in [5.74, 6) is -1.86. The Morgan fingerprint density at radius 2 is 2.14 bits per heavy atom. The first kappa shape index (κ1) is 10.7. The molecule has 1 aromatic rings. The van der Waals surface area contributed by atoms with Crippen molar-refractivity contribution in [2.45, 2.75) is 26.3 Å². The minimum Gasteiger partial charge on any atom is -0.381 e. The summed E-state index contributed by atoms with van der Waals surface area (Å²) in [5, 5.41) is 2.80. The lowest BCUT2D eigenvalue weighted by atomic mass is 10.2. The van der Waals surface area contributed by atoms with E-state index in [2.05, 4.69) is 10.3 Å². The van der Waals surface area contributed by atoms with Crippen molar-refractivity contribution < 1.29 is 8.78 Å². The number of anilines is 2. The van der Waals surface area contributed by atoms with Gasteiger partial charge in [-0.2, -0.15) is 0 Å². The predicted molar refractivity (Wildman–Crippen MR) is 51.9 cm³/mol. The molecule has 0 radical (unpaired) electrons. The third-order valence-corrected chi connectivity index (χ3v) is 1.95. The van der Waals surface area contributed by atoms with Gasteiger partial charge in [0, 0.05) is 12.1 Å².